The van der Waals surface area contributed by atoms with Crippen molar-refractivity contribution in [2.75, 3.05) is 18.5 Å². The molecule has 0 bridgehead atoms. The number of nitroso groups, excluding NO2 is 1. The molecular weight excluding hydrogens is 654 g/mol. The topological polar surface area (TPSA) is 245 Å². The summed E-state index contributed by atoms with van der Waals surface area (Å²) < 4.78 is 43.6. The quantitative estimate of drug-likeness (QED) is 0.140. The van der Waals surface area contributed by atoms with Crippen LogP contribution in [-0.4, -0.2) is 79.8 Å². The first-order chi connectivity index (χ1) is 23.3. The Morgan fingerprint density at radius 1 is 0.816 bits per heavy atom. The maximum absolute atomic E-state index is 12.6. The van der Waals surface area contributed by atoms with Crippen LogP contribution in [-0.2, 0) is 59.0 Å². The fraction of sp³-hybridized carbons (Fsp3) is 0.419. The highest BCUT2D eigenvalue weighted by atomic mass is 16.7. The largest absolute Gasteiger partial charge is 0.514 e. The summed E-state index contributed by atoms with van der Waals surface area (Å²) in [5.41, 5.74) is 6.19. The van der Waals surface area contributed by atoms with Gasteiger partial charge >= 0.3 is 30.0 Å². The molecule has 0 aliphatic carbocycles. The Morgan fingerprint density at radius 3 is 2.04 bits per heavy atom. The summed E-state index contributed by atoms with van der Waals surface area (Å²) in [6.07, 6.45) is -8.45. The van der Waals surface area contributed by atoms with E-state index >= 15 is 0 Å². The second-order valence-electron chi connectivity index (χ2n) is 10.4. The molecular formula is C31H36N3O15+. The first kappa shape index (κ1) is 37.8. The molecule has 1 heterocycles. The van der Waals surface area contributed by atoms with E-state index in [1.165, 1.54) is 42.5 Å². The molecule has 0 aromatic heterocycles. The second kappa shape index (κ2) is 18.1. The number of nitrogens with two attached hydrogens (primary N) is 1. The monoisotopic (exact) mass is 690 g/mol. The molecule has 5 atom stereocenters. The van der Waals surface area contributed by atoms with Crippen LogP contribution < -0.4 is 25.7 Å². The molecule has 18 nitrogen and oxygen atoms in total. The van der Waals surface area contributed by atoms with Crippen molar-refractivity contribution in [3.8, 4) is 11.5 Å². The molecule has 4 N–H and O–H groups in total. The zero-order chi connectivity index (χ0) is 36.1. The number of carbonyl (C=O) groups is 6. The van der Waals surface area contributed by atoms with Gasteiger partial charge < -0.3 is 48.9 Å². The van der Waals surface area contributed by atoms with Gasteiger partial charge in [0.05, 0.1) is 5.69 Å². The average Bonchev–Trinajstić information content (AvgIpc) is 3.02. The molecule has 3 rings (SSSR count). The summed E-state index contributed by atoms with van der Waals surface area (Å²) in [6, 6.07) is 9.83. The molecule has 0 radical (unpaired) electrons. The summed E-state index contributed by atoms with van der Waals surface area (Å²) in [5, 5.41) is 4.33. The lowest BCUT2D eigenvalue weighted by molar-refractivity contribution is -0.379. The molecule has 264 valence electrons. The van der Waals surface area contributed by atoms with Gasteiger partial charge in [-0.25, -0.2) is 4.79 Å². The summed E-state index contributed by atoms with van der Waals surface area (Å²) in [5.74, 6) is -3.62. The van der Waals surface area contributed by atoms with Crippen molar-refractivity contribution in [3.63, 3.8) is 0 Å². The number of anilines is 1. The van der Waals surface area contributed by atoms with Crippen molar-refractivity contribution in [2.45, 2.75) is 71.4 Å². The SMILES string of the molecule is CC(=O)OC[C@H]1O[C@@H](Oc2ccc(COC(=O)Oc3ccc([NH+]=O)cc3)cc2NC(=O)CCN)[C@H](OC(C)=O)[C@@H](OC(C)=O)[C@H]1OC(C)=O. The Labute approximate surface area is 279 Å². The number of nitrogens with one attached hydrogen (secondary N) is 2. The minimum absolute atomic E-state index is 0.0161. The Kier molecular flexibility index (Phi) is 13.9. The Hall–Kier alpha value is -5.62. The number of esters is 4. The molecule has 0 saturated carbocycles. The van der Waals surface area contributed by atoms with E-state index in [9.17, 15) is 33.7 Å². The standard InChI is InChI=1S/C31H35N3O15/c1-16(35)42-15-25-27(44-17(2)36)28(45-18(3)37)29(46-19(4)38)30(49-25)48-24-10-5-20(13-23(24)33-26(39)11-12-32)14-43-31(40)47-22-8-6-21(34-41)7-9-22/h5-10,13,25,27-30H,11-12,14-15,32H2,1-4H3,(H,33,39)/p+1/t25-,27+,28+,29-,30-/m1/s1. The Bertz CT molecular complexity index is 1530. The van der Waals surface area contributed by atoms with Crippen LogP contribution in [0.25, 0.3) is 0 Å². The van der Waals surface area contributed by atoms with E-state index < -0.39 is 73.3 Å². The summed E-state index contributed by atoms with van der Waals surface area (Å²) in [6.45, 7) is 3.58. The summed E-state index contributed by atoms with van der Waals surface area (Å²) >= 11 is 0. The maximum Gasteiger partial charge on any atom is 0.514 e. The van der Waals surface area contributed by atoms with Crippen molar-refractivity contribution < 1.29 is 71.8 Å². The average molecular weight is 691 g/mol. The number of rotatable bonds is 14. The third-order valence-electron chi connectivity index (χ3n) is 6.41. The molecule has 2 aromatic carbocycles. The number of hydrogen-bond donors (Lipinski definition) is 3. The summed E-state index contributed by atoms with van der Waals surface area (Å²) in [7, 11) is 0. The van der Waals surface area contributed by atoms with Crippen LogP contribution in [0.2, 0.25) is 0 Å². The molecule has 0 unspecified atom stereocenters. The first-order valence-corrected chi connectivity index (χ1v) is 14.7. The van der Waals surface area contributed by atoms with Crippen LogP contribution in [0.5, 0.6) is 11.5 Å². The number of carbonyl (C=O) groups excluding carboxylic acids is 6. The van der Waals surface area contributed by atoms with Crippen molar-refractivity contribution in [3.05, 3.63) is 52.9 Å². The number of hydrogen-bond acceptors (Lipinski definition) is 16. The van der Waals surface area contributed by atoms with Crippen molar-refractivity contribution in [2.24, 2.45) is 5.73 Å². The molecule has 1 amide bonds. The van der Waals surface area contributed by atoms with Crippen LogP contribution in [0.15, 0.2) is 42.5 Å². The molecule has 18 heteroatoms. The number of ether oxygens (including phenoxy) is 8. The third-order valence-corrected chi connectivity index (χ3v) is 6.41. The minimum Gasteiger partial charge on any atom is -0.463 e. The first-order valence-electron chi connectivity index (χ1n) is 14.7. The van der Waals surface area contributed by atoms with Gasteiger partial charge in [0.15, 0.2) is 12.2 Å². The van der Waals surface area contributed by atoms with Crippen LogP contribution >= 0.6 is 0 Å². The zero-order valence-electron chi connectivity index (χ0n) is 27.0. The molecule has 2 aromatic rings. The van der Waals surface area contributed by atoms with Gasteiger partial charge in [-0.15, -0.1) is 0 Å². The second-order valence-corrected chi connectivity index (χ2v) is 10.4. The lowest BCUT2D eigenvalue weighted by atomic mass is 9.98. The molecule has 1 saturated heterocycles. The van der Waals surface area contributed by atoms with E-state index in [4.69, 9.17) is 43.6 Å². The normalized spacial score (nSPS) is 19.7. The van der Waals surface area contributed by atoms with E-state index in [1.807, 2.05) is 0 Å². The molecule has 49 heavy (non-hydrogen) atoms. The van der Waals surface area contributed by atoms with E-state index in [1.54, 1.807) is 5.18 Å². The van der Waals surface area contributed by atoms with Crippen molar-refractivity contribution in [1.82, 2.24) is 0 Å². The van der Waals surface area contributed by atoms with Gasteiger partial charge in [0.25, 0.3) is 5.69 Å². The van der Waals surface area contributed by atoms with Gasteiger partial charge in [-0.3, -0.25) is 24.0 Å². The van der Waals surface area contributed by atoms with E-state index in [0.29, 0.717) is 5.56 Å². The van der Waals surface area contributed by atoms with Gasteiger partial charge in [-0.1, -0.05) is 6.07 Å². The van der Waals surface area contributed by atoms with Crippen LogP contribution in [0.4, 0.5) is 16.2 Å². The lowest BCUT2D eigenvalue weighted by Gasteiger charge is -2.44. The highest BCUT2D eigenvalue weighted by molar-refractivity contribution is 5.92. The number of benzene rings is 2. The zero-order valence-corrected chi connectivity index (χ0v) is 27.0. The maximum atomic E-state index is 12.6. The fourth-order valence-corrected chi connectivity index (χ4v) is 4.48. The van der Waals surface area contributed by atoms with Crippen molar-refractivity contribution in [1.29, 1.82) is 0 Å². The van der Waals surface area contributed by atoms with Gasteiger partial charge in [0, 0.05) is 62.9 Å². The van der Waals surface area contributed by atoms with Crippen molar-refractivity contribution >= 4 is 47.3 Å². The minimum atomic E-state index is -1.59. The molecule has 1 fully saturated rings. The van der Waals surface area contributed by atoms with Crippen LogP contribution in [0.1, 0.15) is 39.7 Å². The van der Waals surface area contributed by atoms with Crippen LogP contribution in [0.3, 0.4) is 0 Å². The third kappa shape index (κ3) is 11.8. The predicted octanol–water partition coefficient (Wildman–Crippen LogP) is 0.630. The van der Waals surface area contributed by atoms with Gasteiger partial charge in [-0.05, 0) is 29.8 Å². The highest BCUT2D eigenvalue weighted by Crippen LogP contribution is 2.34. The van der Waals surface area contributed by atoms with E-state index in [-0.39, 0.29) is 42.4 Å². The molecule has 1 aliphatic rings. The van der Waals surface area contributed by atoms with Crippen LogP contribution in [0, 0.1) is 4.91 Å². The Morgan fingerprint density at radius 2 is 1.45 bits per heavy atom. The smallest absolute Gasteiger partial charge is 0.463 e. The summed E-state index contributed by atoms with van der Waals surface area (Å²) in [4.78, 5) is 83.5. The van der Waals surface area contributed by atoms with Gasteiger partial charge in [-0.2, -0.15) is 0 Å². The molecule has 1 aliphatic heterocycles. The Balaban J connectivity index is 1.93. The van der Waals surface area contributed by atoms with Gasteiger partial charge in [0.2, 0.25) is 18.3 Å². The fourth-order valence-electron chi connectivity index (χ4n) is 4.48. The predicted molar refractivity (Wildman–Crippen MR) is 163 cm³/mol. The van der Waals surface area contributed by atoms with Gasteiger partial charge in [0.1, 0.15) is 30.8 Å². The lowest BCUT2D eigenvalue weighted by Crippen LogP contribution is -2.63. The number of amides is 1. The molecule has 0 spiro atoms. The van der Waals surface area contributed by atoms with E-state index in [0.717, 1.165) is 27.7 Å². The highest BCUT2D eigenvalue weighted by Gasteiger charge is 2.53. The van der Waals surface area contributed by atoms with E-state index in [2.05, 4.69) is 5.32 Å².